The first kappa shape index (κ1) is 11.5. The first-order chi connectivity index (χ1) is 7.48. The Morgan fingerprint density at radius 1 is 1.56 bits per heavy atom. The number of pyridine rings is 1. The van der Waals surface area contributed by atoms with Crippen molar-refractivity contribution < 1.29 is 5.11 Å². The van der Waals surface area contributed by atoms with Crippen molar-refractivity contribution in [1.29, 1.82) is 0 Å². The Morgan fingerprint density at radius 3 is 3.00 bits per heavy atom. The third-order valence-electron chi connectivity index (χ3n) is 2.85. The molecule has 1 fully saturated rings. The highest BCUT2D eigenvalue weighted by molar-refractivity contribution is 6.29. The number of hydrogen-bond acceptors (Lipinski definition) is 4. The Morgan fingerprint density at radius 2 is 2.31 bits per heavy atom. The molecule has 1 saturated heterocycles. The maximum atomic E-state index is 10.0. The van der Waals surface area contributed by atoms with Gasteiger partial charge in [0.2, 0.25) is 0 Å². The minimum Gasteiger partial charge on any atom is -0.396 e. The maximum absolute atomic E-state index is 10.0. The van der Waals surface area contributed by atoms with Gasteiger partial charge in [-0.05, 0) is 31.9 Å². The Balaban J connectivity index is 2.26. The first-order valence-electron chi connectivity index (χ1n) is 5.37. The van der Waals surface area contributed by atoms with Gasteiger partial charge in [0, 0.05) is 13.1 Å². The summed E-state index contributed by atoms with van der Waals surface area (Å²) in [5, 5.41) is 10.4. The Kier molecular flexibility index (Phi) is 2.95. The van der Waals surface area contributed by atoms with Crippen LogP contribution in [0.15, 0.2) is 12.1 Å². The number of halogens is 1. The highest BCUT2D eigenvalue weighted by Gasteiger charge is 2.29. The summed E-state index contributed by atoms with van der Waals surface area (Å²) in [5.41, 5.74) is 5.79. The molecule has 88 valence electrons. The normalized spacial score (nSPS) is 25.8. The van der Waals surface area contributed by atoms with Crippen LogP contribution in [0.3, 0.4) is 0 Å². The topological polar surface area (TPSA) is 62.4 Å². The van der Waals surface area contributed by atoms with Crippen molar-refractivity contribution in [2.24, 2.45) is 0 Å². The van der Waals surface area contributed by atoms with Gasteiger partial charge in [-0.2, -0.15) is 0 Å². The van der Waals surface area contributed by atoms with Crippen LogP contribution in [-0.2, 0) is 0 Å². The Hall–Kier alpha value is -1.00. The van der Waals surface area contributed by atoms with E-state index in [0.29, 0.717) is 23.2 Å². The van der Waals surface area contributed by atoms with Gasteiger partial charge >= 0.3 is 0 Å². The van der Waals surface area contributed by atoms with Crippen LogP contribution in [0.4, 0.5) is 11.5 Å². The number of nitrogens with two attached hydrogens (primary N) is 1. The van der Waals surface area contributed by atoms with Crippen molar-refractivity contribution in [3.63, 3.8) is 0 Å². The first-order valence-corrected chi connectivity index (χ1v) is 5.75. The lowest BCUT2D eigenvalue weighted by Gasteiger charge is -2.37. The van der Waals surface area contributed by atoms with Crippen LogP contribution in [0.25, 0.3) is 0 Å². The van der Waals surface area contributed by atoms with Crippen LogP contribution in [0.1, 0.15) is 19.8 Å². The molecule has 0 radical (unpaired) electrons. The number of nitrogens with zero attached hydrogens (tertiary/aromatic N) is 2. The zero-order valence-corrected chi connectivity index (χ0v) is 10.0. The standard InChI is InChI=1S/C11H16ClN3O/c1-11(16)5-2-6-15(7-11)10-8(13)3-4-9(12)14-10/h3-4,16H,2,5-7,13H2,1H3. The quantitative estimate of drug-likeness (QED) is 0.735. The fraction of sp³-hybridized carbons (Fsp3) is 0.545. The molecule has 1 aliphatic heterocycles. The zero-order chi connectivity index (χ0) is 11.8. The van der Waals surface area contributed by atoms with Crippen LogP contribution >= 0.6 is 11.6 Å². The van der Waals surface area contributed by atoms with Gasteiger partial charge in [0.05, 0.1) is 11.3 Å². The monoisotopic (exact) mass is 241 g/mol. The summed E-state index contributed by atoms with van der Waals surface area (Å²) in [7, 11) is 0. The van der Waals surface area contributed by atoms with Gasteiger partial charge in [0.1, 0.15) is 5.15 Å². The van der Waals surface area contributed by atoms with E-state index in [-0.39, 0.29) is 0 Å². The number of aliphatic hydroxyl groups is 1. The highest BCUT2D eigenvalue weighted by Crippen LogP contribution is 2.29. The molecule has 1 aromatic heterocycles. The fourth-order valence-electron chi connectivity index (χ4n) is 2.09. The summed E-state index contributed by atoms with van der Waals surface area (Å²) in [6, 6.07) is 3.41. The molecule has 1 aromatic rings. The summed E-state index contributed by atoms with van der Waals surface area (Å²) >= 11 is 5.85. The minimum atomic E-state index is -0.672. The van der Waals surface area contributed by atoms with Crippen LogP contribution < -0.4 is 10.6 Å². The Labute approximate surface area is 100 Å². The van der Waals surface area contributed by atoms with Gasteiger partial charge in [0.25, 0.3) is 0 Å². The molecule has 0 saturated carbocycles. The van der Waals surface area contributed by atoms with Crippen molar-refractivity contribution in [3.05, 3.63) is 17.3 Å². The molecule has 0 aromatic carbocycles. The number of β-amino-alcohol motifs (C(OH)–C–C–N with tert-alkyl or cyclic N) is 1. The second kappa shape index (κ2) is 4.11. The molecule has 0 spiro atoms. The van der Waals surface area contributed by atoms with Crippen molar-refractivity contribution in [2.45, 2.75) is 25.4 Å². The summed E-state index contributed by atoms with van der Waals surface area (Å²) in [6.07, 6.45) is 1.74. The summed E-state index contributed by atoms with van der Waals surface area (Å²) < 4.78 is 0. The second-order valence-electron chi connectivity index (χ2n) is 4.57. The number of rotatable bonds is 1. The lowest BCUT2D eigenvalue weighted by atomic mass is 9.95. The molecule has 4 nitrogen and oxygen atoms in total. The number of hydrogen-bond donors (Lipinski definition) is 2. The summed E-state index contributed by atoms with van der Waals surface area (Å²) in [4.78, 5) is 6.21. The molecule has 0 amide bonds. The molecule has 0 bridgehead atoms. The Bertz CT molecular complexity index is 395. The molecule has 2 rings (SSSR count). The maximum Gasteiger partial charge on any atom is 0.153 e. The predicted molar refractivity (Wildman–Crippen MR) is 65.7 cm³/mol. The predicted octanol–water partition coefficient (Wildman–Crippen LogP) is 1.67. The van der Waals surface area contributed by atoms with Crippen molar-refractivity contribution in [3.8, 4) is 0 Å². The van der Waals surface area contributed by atoms with Crippen molar-refractivity contribution >= 4 is 23.1 Å². The molecule has 3 N–H and O–H groups in total. The molecule has 2 heterocycles. The van der Waals surface area contributed by atoms with Gasteiger partial charge in [0.15, 0.2) is 5.82 Å². The second-order valence-corrected chi connectivity index (χ2v) is 4.96. The fourth-order valence-corrected chi connectivity index (χ4v) is 2.23. The largest absolute Gasteiger partial charge is 0.396 e. The van der Waals surface area contributed by atoms with Gasteiger partial charge in [-0.15, -0.1) is 0 Å². The van der Waals surface area contributed by atoms with E-state index in [1.54, 1.807) is 12.1 Å². The highest BCUT2D eigenvalue weighted by atomic mass is 35.5. The van der Waals surface area contributed by atoms with E-state index in [1.807, 2.05) is 11.8 Å². The zero-order valence-electron chi connectivity index (χ0n) is 9.28. The van der Waals surface area contributed by atoms with Gasteiger partial charge < -0.3 is 15.7 Å². The molecule has 5 heteroatoms. The molecule has 1 atom stereocenters. The van der Waals surface area contributed by atoms with E-state index < -0.39 is 5.60 Å². The smallest absolute Gasteiger partial charge is 0.153 e. The third kappa shape index (κ3) is 2.39. The average Bonchev–Trinajstić information content (AvgIpc) is 2.20. The average molecular weight is 242 g/mol. The van der Waals surface area contributed by atoms with Crippen LogP contribution in [0, 0.1) is 0 Å². The molecule has 16 heavy (non-hydrogen) atoms. The van der Waals surface area contributed by atoms with Gasteiger partial charge in [-0.25, -0.2) is 4.98 Å². The third-order valence-corrected chi connectivity index (χ3v) is 3.06. The van der Waals surface area contributed by atoms with E-state index in [1.165, 1.54) is 0 Å². The number of anilines is 2. The minimum absolute atomic E-state index is 0.425. The lowest BCUT2D eigenvalue weighted by molar-refractivity contribution is 0.0447. The molecular formula is C11H16ClN3O. The van der Waals surface area contributed by atoms with Gasteiger partial charge in [-0.1, -0.05) is 11.6 Å². The molecule has 1 unspecified atom stereocenters. The van der Waals surface area contributed by atoms with E-state index in [4.69, 9.17) is 17.3 Å². The van der Waals surface area contributed by atoms with Crippen molar-refractivity contribution in [2.75, 3.05) is 23.7 Å². The van der Waals surface area contributed by atoms with E-state index in [2.05, 4.69) is 4.98 Å². The van der Waals surface area contributed by atoms with E-state index in [9.17, 15) is 5.11 Å². The SMILES string of the molecule is CC1(O)CCCN(c2nc(Cl)ccc2N)C1. The lowest BCUT2D eigenvalue weighted by Crippen LogP contribution is -2.46. The van der Waals surface area contributed by atoms with E-state index >= 15 is 0 Å². The molecule has 1 aliphatic rings. The molecular weight excluding hydrogens is 226 g/mol. The van der Waals surface area contributed by atoms with E-state index in [0.717, 1.165) is 19.4 Å². The van der Waals surface area contributed by atoms with Gasteiger partial charge in [-0.3, -0.25) is 0 Å². The van der Waals surface area contributed by atoms with Crippen molar-refractivity contribution in [1.82, 2.24) is 4.98 Å². The number of nitrogen functional groups attached to an aromatic ring is 1. The summed E-state index contributed by atoms with van der Waals surface area (Å²) in [5.74, 6) is 0.674. The number of piperidine rings is 1. The molecule has 0 aliphatic carbocycles. The summed E-state index contributed by atoms with van der Waals surface area (Å²) in [6.45, 7) is 3.23. The van der Waals surface area contributed by atoms with Crippen LogP contribution in [0.2, 0.25) is 5.15 Å². The van der Waals surface area contributed by atoms with Crippen LogP contribution in [-0.4, -0.2) is 28.8 Å². The number of aromatic nitrogens is 1. The van der Waals surface area contributed by atoms with Crippen LogP contribution in [0.5, 0.6) is 0 Å².